The van der Waals surface area contributed by atoms with Crippen LogP contribution in [0.2, 0.25) is 0 Å². The minimum absolute atomic E-state index is 0.336. The van der Waals surface area contributed by atoms with Gasteiger partial charge >= 0.3 is 0 Å². The first-order valence-electron chi connectivity index (χ1n) is 7.18. The van der Waals surface area contributed by atoms with Gasteiger partial charge in [0.1, 0.15) is 5.82 Å². The van der Waals surface area contributed by atoms with Crippen LogP contribution in [0.3, 0.4) is 0 Å². The number of nitrogens with one attached hydrogen (secondary N) is 1. The number of β-amino-alcohol motifs (C(OH)–C–C–N with tert-alkyl or cyclic N) is 1. The van der Waals surface area contributed by atoms with E-state index >= 15 is 0 Å². The first kappa shape index (κ1) is 14.3. The third-order valence-electron chi connectivity index (χ3n) is 3.75. The van der Waals surface area contributed by atoms with Crippen LogP contribution in [0.4, 0.5) is 5.82 Å². The summed E-state index contributed by atoms with van der Waals surface area (Å²) in [7, 11) is 0. The number of nitrogens with zero attached hydrogens (tertiary/aromatic N) is 2. The molecule has 1 aliphatic heterocycles. The number of hydrogen-bond donors (Lipinski definition) is 2. The van der Waals surface area contributed by atoms with Gasteiger partial charge in [-0.3, -0.25) is 0 Å². The summed E-state index contributed by atoms with van der Waals surface area (Å²) >= 11 is 0. The van der Waals surface area contributed by atoms with Gasteiger partial charge in [0.25, 0.3) is 0 Å². The predicted molar refractivity (Wildman–Crippen MR) is 78.4 cm³/mol. The monoisotopic (exact) mass is 263 g/mol. The number of rotatable bonds is 5. The second kappa shape index (κ2) is 5.88. The van der Waals surface area contributed by atoms with Crippen molar-refractivity contribution in [1.29, 1.82) is 0 Å². The molecule has 1 aromatic heterocycles. The Morgan fingerprint density at radius 1 is 1.53 bits per heavy atom. The van der Waals surface area contributed by atoms with Crippen LogP contribution in [0.25, 0.3) is 0 Å². The Kier molecular flexibility index (Phi) is 4.42. The normalized spacial score (nSPS) is 24.7. The van der Waals surface area contributed by atoms with E-state index in [2.05, 4.69) is 41.2 Å². The van der Waals surface area contributed by atoms with Crippen LogP contribution in [-0.4, -0.2) is 35.3 Å². The summed E-state index contributed by atoms with van der Waals surface area (Å²) in [5, 5.41) is 13.4. The lowest BCUT2D eigenvalue weighted by Crippen LogP contribution is -2.30. The maximum absolute atomic E-state index is 9.99. The summed E-state index contributed by atoms with van der Waals surface area (Å²) in [5.41, 5.74) is 0.638. The maximum Gasteiger partial charge on any atom is 0.128 e. The number of aliphatic hydroxyl groups is 1. The fourth-order valence-corrected chi connectivity index (χ4v) is 2.46. The van der Waals surface area contributed by atoms with E-state index in [-0.39, 0.29) is 0 Å². The average molecular weight is 263 g/mol. The zero-order chi connectivity index (χ0) is 13.9. The summed E-state index contributed by atoms with van der Waals surface area (Å²) in [5.74, 6) is 0.962. The maximum atomic E-state index is 9.99. The minimum Gasteiger partial charge on any atom is -0.388 e. The molecule has 19 heavy (non-hydrogen) atoms. The van der Waals surface area contributed by atoms with Crippen molar-refractivity contribution in [3.8, 4) is 0 Å². The highest BCUT2D eigenvalue weighted by molar-refractivity contribution is 5.41. The molecule has 2 unspecified atom stereocenters. The van der Waals surface area contributed by atoms with Crippen LogP contribution < -0.4 is 10.2 Å². The van der Waals surface area contributed by atoms with Gasteiger partial charge in [-0.1, -0.05) is 13.0 Å². The standard InChI is InChI=1S/C15H25N3O/c1-4-8-16-12(2)13-5-6-14(17-10-13)18-9-7-15(3,19)11-18/h5-6,10,12,16,19H,4,7-9,11H2,1-3H3. The van der Waals surface area contributed by atoms with Crippen molar-refractivity contribution >= 4 is 5.82 Å². The smallest absolute Gasteiger partial charge is 0.128 e. The lowest BCUT2D eigenvalue weighted by atomic mass is 10.1. The SMILES string of the molecule is CCCNC(C)c1ccc(N2CCC(C)(O)C2)nc1. The molecule has 1 fully saturated rings. The number of anilines is 1. The van der Waals surface area contributed by atoms with Crippen molar-refractivity contribution in [2.75, 3.05) is 24.5 Å². The molecular formula is C15H25N3O. The minimum atomic E-state index is -0.573. The Bertz CT molecular complexity index is 402. The third-order valence-corrected chi connectivity index (χ3v) is 3.75. The summed E-state index contributed by atoms with van der Waals surface area (Å²) in [6.45, 7) is 8.79. The molecule has 1 aliphatic rings. The van der Waals surface area contributed by atoms with Crippen LogP contribution in [0.5, 0.6) is 0 Å². The van der Waals surface area contributed by atoms with Gasteiger partial charge in [-0.05, 0) is 44.9 Å². The molecule has 4 nitrogen and oxygen atoms in total. The summed E-state index contributed by atoms with van der Waals surface area (Å²) in [6.07, 6.45) is 3.89. The molecule has 2 heterocycles. The van der Waals surface area contributed by atoms with Gasteiger partial charge in [-0.2, -0.15) is 0 Å². The summed E-state index contributed by atoms with van der Waals surface area (Å²) in [4.78, 5) is 6.68. The van der Waals surface area contributed by atoms with Gasteiger partial charge < -0.3 is 15.3 Å². The molecular weight excluding hydrogens is 238 g/mol. The Hall–Kier alpha value is -1.13. The molecule has 0 aliphatic carbocycles. The fourth-order valence-electron chi connectivity index (χ4n) is 2.46. The quantitative estimate of drug-likeness (QED) is 0.854. The van der Waals surface area contributed by atoms with Crippen LogP contribution in [0.1, 0.15) is 45.2 Å². The summed E-state index contributed by atoms with van der Waals surface area (Å²) in [6, 6.07) is 4.52. The topological polar surface area (TPSA) is 48.4 Å². The average Bonchev–Trinajstić information content (AvgIpc) is 2.76. The van der Waals surface area contributed by atoms with E-state index in [0.29, 0.717) is 12.6 Å². The molecule has 2 rings (SSSR count). The Morgan fingerprint density at radius 2 is 2.32 bits per heavy atom. The zero-order valence-corrected chi connectivity index (χ0v) is 12.2. The molecule has 0 aromatic carbocycles. The highest BCUT2D eigenvalue weighted by Gasteiger charge is 2.31. The van der Waals surface area contributed by atoms with Crippen molar-refractivity contribution in [2.45, 2.75) is 45.3 Å². The van der Waals surface area contributed by atoms with E-state index in [9.17, 15) is 5.11 Å². The molecule has 1 aromatic rings. The van der Waals surface area contributed by atoms with Crippen molar-refractivity contribution in [2.24, 2.45) is 0 Å². The van der Waals surface area contributed by atoms with Crippen molar-refractivity contribution < 1.29 is 5.11 Å². The Balaban J connectivity index is 1.99. The van der Waals surface area contributed by atoms with E-state index in [0.717, 1.165) is 31.7 Å². The fraction of sp³-hybridized carbons (Fsp3) is 0.667. The lowest BCUT2D eigenvalue weighted by Gasteiger charge is -2.20. The number of pyridine rings is 1. The largest absolute Gasteiger partial charge is 0.388 e. The van der Waals surface area contributed by atoms with Gasteiger partial charge in [0.05, 0.1) is 5.60 Å². The van der Waals surface area contributed by atoms with E-state index < -0.39 is 5.60 Å². The molecule has 0 bridgehead atoms. The second-order valence-corrected chi connectivity index (χ2v) is 5.79. The molecule has 106 valence electrons. The van der Waals surface area contributed by atoms with E-state index in [1.807, 2.05) is 13.1 Å². The molecule has 0 saturated carbocycles. The van der Waals surface area contributed by atoms with Crippen LogP contribution in [0.15, 0.2) is 18.3 Å². The number of hydrogen-bond acceptors (Lipinski definition) is 4. The third kappa shape index (κ3) is 3.67. The second-order valence-electron chi connectivity index (χ2n) is 5.79. The summed E-state index contributed by atoms with van der Waals surface area (Å²) < 4.78 is 0. The van der Waals surface area contributed by atoms with E-state index in [4.69, 9.17) is 0 Å². The molecule has 4 heteroatoms. The van der Waals surface area contributed by atoms with E-state index in [1.54, 1.807) is 0 Å². The first-order chi connectivity index (χ1) is 9.02. The van der Waals surface area contributed by atoms with Gasteiger partial charge in [0.15, 0.2) is 0 Å². The van der Waals surface area contributed by atoms with Crippen molar-refractivity contribution in [3.05, 3.63) is 23.9 Å². The van der Waals surface area contributed by atoms with Gasteiger partial charge in [0, 0.05) is 25.3 Å². The Labute approximate surface area is 115 Å². The molecule has 2 atom stereocenters. The Morgan fingerprint density at radius 3 is 2.84 bits per heavy atom. The zero-order valence-electron chi connectivity index (χ0n) is 12.2. The molecule has 2 N–H and O–H groups in total. The van der Waals surface area contributed by atoms with Gasteiger partial charge in [-0.15, -0.1) is 0 Å². The first-order valence-corrected chi connectivity index (χ1v) is 7.18. The van der Waals surface area contributed by atoms with Gasteiger partial charge in [-0.25, -0.2) is 4.98 Å². The van der Waals surface area contributed by atoms with Crippen LogP contribution in [0, 0.1) is 0 Å². The molecule has 0 radical (unpaired) electrons. The molecule has 0 spiro atoms. The molecule has 0 amide bonds. The van der Waals surface area contributed by atoms with E-state index in [1.165, 1.54) is 5.56 Å². The highest BCUT2D eigenvalue weighted by atomic mass is 16.3. The highest BCUT2D eigenvalue weighted by Crippen LogP contribution is 2.25. The number of aromatic nitrogens is 1. The predicted octanol–water partition coefficient (Wildman–Crippen LogP) is 2.10. The van der Waals surface area contributed by atoms with Crippen LogP contribution in [-0.2, 0) is 0 Å². The van der Waals surface area contributed by atoms with Gasteiger partial charge in [0.2, 0.25) is 0 Å². The van der Waals surface area contributed by atoms with Crippen LogP contribution >= 0.6 is 0 Å². The molecule has 1 saturated heterocycles. The lowest BCUT2D eigenvalue weighted by molar-refractivity contribution is 0.0839. The van der Waals surface area contributed by atoms with Crippen molar-refractivity contribution in [3.63, 3.8) is 0 Å². The van der Waals surface area contributed by atoms with Crippen molar-refractivity contribution in [1.82, 2.24) is 10.3 Å².